The molecule has 37 heavy (non-hydrogen) atoms. The first-order valence-electron chi connectivity index (χ1n) is 16.7. The van der Waals surface area contributed by atoms with Gasteiger partial charge in [0.1, 0.15) is 0 Å². The summed E-state index contributed by atoms with van der Waals surface area (Å²) in [6.45, 7) is 16.2. The number of ether oxygens (including phenoxy) is 3. The lowest BCUT2D eigenvalue weighted by Gasteiger charge is -2.32. The summed E-state index contributed by atoms with van der Waals surface area (Å²) in [5.74, 6) is 7.78. The lowest BCUT2D eigenvalue weighted by Crippen LogP contribution is -2.27. The molecule has 0 N–H and O–H groups in total. The first-order valence-corrected chi connectivity index (χ1v) is 16.7. The predicted octanol–water partition coefficient (Wildman–Crippen LogP) is 9.88. The standard InChI is InChI=1S/C34H64O3/c1-25(2)31-13-7-28(8-14-31)19-22-35-34(36-23-20-29-9-15-32(16-10-29)26(3)4)37-24-21-30-11-17-33(18-12-30)27(5)6/h25-34H,7-24H2,1-6H3. The lowest BCUT2D eigenvalue weighted by molar-refractivity contribution is -0.291. The molecule has 0 spiro atoms. The van der Waals surface area contributed by atoms with Crippen molar-refractivity contribution in [2.45, 2.75) is 144 Å². The molecule has 3 saturated carbocycles. The molecule has 0 amide bonds. The van der Waals surface area contributed by atoms with Gasteiger partial charge in [-0.2, -0.15) is 0 Å². The van der Waals surface area contributed by atoms with Crippen LogP contribution in [0, 0.1) is 53.3 Å². The molecule has 3 rings (SSSR count). The molecular formula is C34H64O3. The highest BCUT2D eigenvalue weighted by molar-refractivity contribution is 4.76. The minimum Gasteiger partial charge on any atom is -0.330 e. The van der Waals surface area contributed by atoms with Gasteiger partial charge >= 0.3 is 0 Å². The molecule has 0 radical (unpaired) electrons. The molecule has 0 bridgehead atoms. The molecule has 0 saturated heterocycles. The van der Waals surface area contributed by atoms with E-state index in [1.165, 1.54) is 77.0 Å². The van der Waals surface area contributed by atoms with Gasteiger partial charge in [0.2, 0.25) is 0 Å². The van der Waals surface area contributed by atoms with Crippen LogP contribution in [0.1, 0.15) is 138 Å². The van der Waals surface area contributed by atoms with Crippen LogP contribution in [-0.4, -0.2) is 26.3 Å². The molecule has 0 unspecified atom stereocenters. The van der Waals surface area contributed by atoms with Crippen molar-refractivity contribution < 1.29 is 14.2 Å². The Morgan fingerprint density at radius 1 is 0.405 bits per heavy atom. The van der Waals surface area contributed by atoms with Crippen molar-refractivity contribution in [3.63, 3.8) is 0 Å². The summed E-state index contributed by atoms with van der Waals surface area (Å²) in [5, 5.41) is 0. The summed E-state index contributed by atoms with van der Waals surface area (Å²) in [6, 6.07) is 0. The Morgan fingerprint density at radius 3 is 0.865 bits per heavy atom. The third-order valence-corrected chi connectivity index (χ3v) is 10.8. The van der Waals surface area contributed by atoms with Crippen molar-refractivity contribution in [3.8, 4) is 0 Å². The maximum absolute atomic E-state index is 6.25. The Balaban J connectivity index is 1.36. The van der Waals surface area contributed by atoms with Crippen LogP contribution in [0.3, 0.4) is 0 Å². The summed E-state index contributed by atoms with van der Waals surface area (Å²) in [5.41, 5.74) is 0. The van der Waals surface area contributed by atoms with Gasteiger partial charge in [0.15, 0.2) is 0 Å². The van der Waals surface area contributed by atoms with Crippen LogP contribution in [0.25, 0.3) is 0 Å². The third-order valence-electron chi connectivity index (χ3n) is 10.8. The SMILES string of the molecule is CC(C)C1CCC(CCOC(OCCC2CCC(C(C)C)CC2)OCCC2CCC(C(C)C)CC2)CC1. The molecule has 218 valence electrons. The summed E-state index contributed by atoms with van der Waals surface area (Å²) >= 11 is 0. The molecule has 0 heterocycles. The van der Waals surface area contributed by atoms with Gasteiger partial charge in [-0.3, -0.25) is 0 Å². The predicted molar refractivity (Wildman–Crippen MR) is 156 cm³/mol. The topological polar surface area (TPSA) is 27.7 Å². The highest BCUT2D eigenvalue weighted by atomic mass is 16.8. The van der Waals surface area contributed by atoms with E-state index < -0.39 is 6.48 Å². The second-order valence-corrected chi connectivity index (χ2v) is 14.3. The van der Waals surface area contributed by atoms with Crippen LogP contribution in [0.5, 0.6) is 0 Å². The van der Waals surface area contributed by atoms with Gasteiger partial charge < -0.3 is 14.2 Å². The maximum atomic E-state index is 6.25. The highest BCUT2D eigenvalue weighted by Gasteiger charge is 2.26. The molecular weight excluding hydrogens is 456 g/mol. The molecule has 0 aliphatic heterocycles. The second-order valence-electron chi connectivity index (χ2n) is 14.3. The fourth-order valence-corrected chi connectivity index (χ4v) is 7.57. The maximum Gasteiger partial charge on any atom is 0.271 e. The Hall–Kier alpha value is -0.120. The van der Waals surface area contributed by atoms with Crippen molar-refractivity contribution in [2.24, 2.45) is 53.3 Å². The normalized spacial score (nSPS) is 32.4. The molecule has 0 aromatic rings. The number of rotatable bonds is 15. The molecule has 3 aliphatic carbocycles. The molecule has 0 aromatic carbocycles. The fraction of sp³-hybridized carbons (Fsp3) is 1.00. The Bertz CT molecular complexity index is 483. The Kier molecular flexibility index (Phi) is 14.3. The molecule has 0 atom stereocenters. The summed E-state index contributed by atoms with van der Waals surface area (Å²) in [7, 11) is 0. The van der Waals surface area contributed by atoms with Gasteiger partial charge in [-0.05, 0) is 111 Å². The van der Waals surface area contributed by atoms with Crippen LogP contribution in [-0.2, 0) is 14.2 Å². The largest absolute Gasteiger partial charge is 0.330 e. The van der Waals surface area contributed by atoms with Crippen LogP contribution >= 0.6 is 0 Å². The van der Waals surface area contributed by atoms with E-state index in [9.17, 15) is 0 Å². The van der Waals surface area contributed by atoms with Gasteiger partial charge in [0.25, 0.3) is 6.48 Å². The van der Waals surface area contributed by atoms with E-state index in [1.807, 2.05) is 0 Å². The van der Waals surface area contributed by atoms with E-state index in [1.54, 1.807) is 0 Å². The zero-order valence-electron chi connectivity index (χ0n) is 25.7. The van der Waals surface area contributed by atoms with E-state index >= 15 is 0 Å². The van der Waals surface area contributed by atoms with E-state index in [4.69, 9.17) is 14.2 Å². The van der Waals surface area contributed by atoms with Gasteiger partial charge in [0.05, 0.1) is 19.8 Å². The van der Waals surface area contributed by atoms with Gasteiger partial charge in [0, 0.05) is 0 Å². The highest BCUT2D eigenvalue weighted by Crippen LogP contribution is 2.37. The van der Waals surface area contributed by atoms with Crippen molar-refractivity contribution in [1.29, 1.82) is 0 Å². The number of hydrogen-bond acceptors (Lipinski definition) is 3. The smallest absolute Gasteiger partial charge is 0.271 e. The van der Waals surface area contributed by atoms with Crippen molar-refractivity contribution in [1.82, 2.24) is 0 Å². The molecule has 3 fully saturated rings. The first-order chi connectivity index (χ1) is 17.8. The summed E-state index contributed by atoms with van der Waals surface area (Å²) < 4.78 is 18.8. The molecule has 3 heteroatoms. The quantitative estimate of drug-likeness (QED) is 0.201. The van der Waals surface area contributed by atoms with Gasteiger partial charge in [-0.15, -0.1) is 0 Å². The fourth-order valence-electron chi connectivity index (χ4n) is 7.57. The molecule has 3 aliphatic rings. The Morgan fingerprint density at radius 2 is 0.649 bits per heavy atom. The zero-order chi connectivity index (χ0) is 26.6. The van der Waals surface area contributed by atoms with E-state index in [-0.39, 0.29) is 0 Å². The van der Waals surface area contributed by atoms with Crippen LogP contribution in [0.15, 0.2) is 0 Å². The minimum atomic E-state index is -0.467. The van der Waals surface area contributed by atoms with Crippen LogP contribution in [0.4, 0.5) is 0 Å². The third kappa shape index (κ3) is 11.5. The molecule has 0 aromatic heterocycles. The average Bonchev–Trinajstić information content (AvgIpc) is 2.89. The van der Waals surface area contributed by atoms with Crippen LogP contribution < -0.4 is 0 Å². The minimum absolute atomic E-state index is 0.467. The first kappa shape index (κ1) is 31.4. The molecule has 3 nitrogen and oxygen atoms in total. The van der Waals surface area contributed by atoms with Crippen molar-refractivity contribution in [2.75, 3.05) is 19.8 Å². The monoisotopic (exact) mass is 520 g/mol. The Labute approximate surface area is 231 Å². The average molecular weight is 521 g/mol. The van der Waals surface area contributed by atoms with Crippen LogP contribution in [0.2, 0.25) is 0 Å². The second kappa shape index (κ2) is 16.9. The van der Waals surface area contributed by atoms with E-state index in [0.29, 0.717) is 0 Å². The van der Waals surface area contributed by atoms with Gasteiger partial charge in [-0.1, -0.05) is 80.1 Å². The summed E-state index contributed by atoms with van der Waals surface area (Å²) in [6.07, 6.45) is 20.1. The summed E-state index contributed by atoms with van der Waals surface area (Å²) in [4.78, 5) is 0. The zero-order valence-corrected chi connectivity index (χ0v) is 25.7. The van der Waals surface area contributed by atoms with Crippen molar-refractivity contribution >= 4 is 0 Å². The number of hydrogen-bond donors (Lipinski definition) is 0. The van der Waals surface area contributed by atoms with E-state index in [2.05, 4.69) is 41.5 Å². The van der Waals surface area contributed by atoms with Crippen molar-refractivity contribution in [3.05, 3.63) is 0 Å². The van der Waals surface area contributed by atoms with E-state index in [0.717, 1.165) is 92.3 Å². The lowest BCUT2D eigenvalue weighted by atomic mass is 9.76. The van der Waals surface area contributed by atoms with Gasteiger partial charge in [-0.25, -0.2) is 0 Å².